The number of carboxylic acid groups (broad SMARTS) is 1. The van der Waals surface area contributed by atoms with Gasteiger partial charge in [-0.2, -0.15) is 0 Å². The van der Waals surface area contributed by atoms with Crippen molar-refractivity contribution in [2.45, 2.75) is 44.2 Å². The lowest BCUT2D eigenvalue weighted by atomic mass is 9.84. The molecule has 1 amide bonds. The molecule has 1 aromatic rings. The van der Waals surface area contributed by atoms with Crippen LogP contribution in [0.3, 0.4) is 0 Å². The van der Waals surface area contributed by atoms with E-state index in [-0.39, 0.29) is 11.9 Å². The average molecular weight is 280 g/mol. The normalized spacial score (nSPS) is 30.1. The summed E-state index contributed by atoms with van der Waals surface area (Å²) < 4.78 is 0. The molecule has 0 spiro atoms. The Morgan fingerprint density at radius 1 is 1.37 bits per heavy atom. The van der Waals surface area contributed by atoms with Crippen LogP contribution < -0.4 is 0 Å². The highest BCUT2D eigenvalue weighted by atomic mass is 32.1. The van der Waals surface area contributed by atoms with E-state index in [9.17, 15) is 14.7 Å². The van der Waals surface area contributed by atoms with Crippen LogP contribution in [-0.2, 0) is 4.79 Å². The first-order valence-corrected chi connectivity index (χ1v) is 7.56. The van der Waals surface area contributed by atoms with Crippen LogP contribution in [0.1, 0.15) is 42.6 Å². The molecule has 3 rings (SSSR count). The summed E-state index contributed by atoms with van der Waals surface area (Å²) in [7, 11) is 0. The van der Waals surface area contributed by atoms with E-state index in [1.807, 2.05) is 0 Å². The number of fused-ring (bicyclic) bond motifs is 1. The number of carbonyl (C=O) groups is 2. The van der Waals surface area contributed by atoms with E-state index in [2.05, 4.69) is 4.98 Å². The van der Waals surface area contributed by atoms with Gasteiger partial charge in [0, 0.05) is 11.4 Å². The number of likely N-dealkylation sites (tertiary alicyclic amines) is 1. The highest BCUT2D eigenvalue weighted by Gasteiger charge is 2.47. The van der Waals surface area contributed by atoms with Gasteiger partial charge in [0.15, 0.2) is 0 Å². The van der Waals surface area contributed by atoms with Crippen LogP contribution in [0.25, 0.3) is 0 Å². The molecular weight excluding hydrogens is 264 g/mol. The Bertz CT molecular complexity index is 488. The van der Waals surface area contributed by atoms with Gasteiger partial charge in [0.25, 0.3) is 5.91 Å². The average Bonchev–Trinajstić information content (AvgIpc) is 3.05. The number of hydrogen-bond acceptors (Lipinski definition) is 4. The molecule has 3 atom stereocenters. The molecule has 5 nitrogen and oxygen atoms in total. The minimum Gasteiger partial charge on any atom is -0.480 e. The van der Waals surface area contributed by atoms with E-state index < -0.39 is 12.0 Å². The monoisotopic (exact) mass is 280 g/mol. The van der Waals surface area contributed by atoms with Crippen molar-refractivity contribution in [3.05, 3.63) is 16.6 Å². The first-order valence-electron chi connectivity index (χ1n) is 6.62. The summed E-state index contributed by atoms with van der Waals surface area (Å²) in [4.78, 5) is 29.5. The maximum Gasteiger partial charge on any atom is 0.326 e. The minimum atomic E-state index is -0.891. The molecule has 1 saturated heterocycles. The number of carboxylic acids is 1. The summed E-state index contributed by atoms with van der Waals surface area (Å²) in [5.41, 5.74) is 1.99. The molecule has 0 aromatic carbocycles. The van der Waals surface area contributed by atoms with Gasteiger partial charge in [-0.25, -0.2) is 9.78 Å². The topological polar surface area (TPSA) is 70.5 Å². The van der Waals surface area contributed by atoms with Crippen molar-refractivity contribution in [1.82, 2.24) is 9.88 Å². The fourth-order valence-corrected chi connectivity index (χ4v) is 3.95. The largest absolute Gasteiger partial charge is 0.480 e. The molecule has 1 N–H and O–H groups in total. The second-order valence-electron chi connectivity index (χ2n) is 5.29. The maximum absolute atomic E-state index is 12.5. The second-order valence-corrected chi connectivity index (χ2v) is 6.01. The zero-order valence-electron chi connectivity index (χ0n) is 10.5. The van der Waals surface area contributed by atoms with Crippen LogP contribution in [0.4, 0.5) is 0 Å². The third kappa shape index (κ3) is 2.14. The minimum absolute atomic E-state index is 0.0871. The number of nitrogens with zero attached hydrogens (tertiary/aromatic N) is 2. The molecule has 2 fully saturated rings. The number of hydrogen-bond donors (Lipinski definition) is 1. The smallest absolute Gasteiger partial charge is 0.326 e. The molecule has 0 unspecified atom stereocenters. The van der Waals surface area contributed by atoms with Crippen molar-refractivity contribution in [2.75, 3.05) is 0 Å². The van der Waals surface area contributed by atoms with Crippen LogP contribution in [0, 0.1) is 5.92 Å². The lowest BCUT2D eigenvalue weighted by molar-refractivity contribution is -0.141. The zero-order chi connectivity index (χ0) is 13.4. The number of carbonyl (C=O) groups excluding carboxylic acids is 1. The van der Waals surface area contributed by atoms with Crippen molar-refractivity contribution in [3.63, 3.8) is 0 Å². The number of thiazole rings is 1. The first-order chi connectivity index (χ1) is 9.18. The molecule has 1 saturated carbocycles. The number of rotatable bonds is 2. The van der Waals surface area contributed by atoms with Gasteiger partial charge in [-0.3, -0.25) is 4.79 Å². The lowest BCUT2D eigenvalue weighted by Crippen LogP contribution is -2.46. The Kier molecular flexibility index (Phi) is 3.26. The van der Waals surface area contributed by atoms with E-state index in [0.717, 1.165) is 25.7 Å². The van der Waals surface area contributed by atoms with Gasteiger partial charge < -0.3 is 10.0 Å². The molecule has 2 aliphatic rings. The molecule has 6 heteroatoms. The third-order valence-electron chi connectivity index (χ3n) is 4.26. The molecule has 1 aliphatic carbocycles. The lowest BCUT2D eigenvalue weighted by Gasteiger charge is -2.32. The van der Waals surface area contributed by atoms with Crippen LogP contribution in [0.2, 0.25) is 0 Å². The number of aliphatic carboxylic acids is 1. The Hall–Kier alpha value is -1.43. The van der Waals surface area contributed by atoms with Gasteiger partial charge in [-0.1, -0.05) is 12.8 Å². The van der Waals surface area contributed by atoms with Crippen LogP contribution in [0.5, 0.6) is 0 Å². The summed E-state index contributed by atoms with van der Waals surface area (Å²) in [6.45, 7) is 0. The summed E-state index contributed by atoms with van der Waals surface area (Å²) in [6, 6.07) is -0.591. The fourth-order valence-electron chi connectivity index (χ4n) is 3.42. The molecule has 1 aromatic heterocycles. The molecule has 102 valence electrons. The van der Waals surface area contributed by atoms with Gasteiger partial charge >= 0.3 is 5.97 Å². The van der Waals surface area contributed by atoms with Crippen molar-refractivity contribution in [1.29, 1.82) is 0 Å². The Morgan fingerprint density at radius 3 is 2.84 bits per heavy atom. The van der Waals surface area contributed by atoms with Gasteiger partial charge in [0.1, 0.15) is 11.7 Å². The second kappa shape index (κ2) is 4.92. The SMILES string of the molecule is O=C(O)[C@@H]1C[C@@H]2CCCC[C@H]2N1C(=O)c1cscn1. The molecule has 2 heterocycles. The zero-order valence-corrected chi connectivity index (χ0v) is 11.3. The van der Waals surface area contributed by atoms with Crippen LogP contribution >= 0.6 is 11.3 Å². The Balaban J connectivity index is 1.90. The van der Waals surface area contributed by atoms with Gasteiger partial charge in [-0.15, -0.1) is 11.3 Å². The summed E-state index contributed by atoms with van der Waals surface area (Å²) >= 11 is 1.36. The predicted octanol–water partition coefficient (Wildman–Crippen LogP) is 2.00. The fraction of sp³-hybridized carbons (Fsp3) is 0.615. The molecular formula is C13H16N2O3S. The van der Waals surface area contributed by atoms with Crippen molar-refractivity contribution in [3.8, 4) is 0 Å². The quantitative estimate of drug-likeness (QED) is 0.899. The summed E-state index contributed by atoms with van der Waals surface area (Å²) in [6.07, 6.45) is 4.77. The molecule has 19 heavy (non-hydrogen) atoms. The van der Waals surface area contributed by atoms with Crippen molar-refractivity contribution >= 4 is 23.2 Å². The third-order valence-corrected chi connectivity index (χ3v) is 4.85. The van der Waals surface area contributed by atoms with E-state index in [0.29, 0.717) is 18.0 Å². The standard InChI is InChI=1S/C13H16N2O3S/c16-12(9-6-19-7-14-9)15-10-4-2-1-3-8(10)5-11(15)13(17)18/h6-8,10-11H,1-5H2,(H,17,18)/t8-,10+,11-/m0/s1. The van der Waals surface area contributed by atoms with Gasteiger partial charge in [-0.05, 0) is 25.2 Å². The summed E-state index contributed by atoms with van der Waals surface area (Å²) in [5, 5.41) is 11.1. The first kappa shape index (κ1) is 12.6. The Labute approximate surface area is 115 Å². The van der Waals surface area contributed by atoms with Gasteiger partial charge in [0.05, 0.1) is 5.51 Å². The number of aromatic nitrogens is 1. The van der Waals surface area contributed by atoms with Crippen LogP contribution in [-0.4, -0.2) is 39.0 Å². The number of amides is 1. The van der Waals surface area contributed by atoms with Crippen molar-refractivity contribution < 1.29 is 14.7 Å². The molecule has 1 aliphatic heterocycles. The maximum atomic E-state index is 12.5. The van der Waals surface area contributed by atoms with Crippen LogP contribution in [0.15, 0.2) is 10.9 Å². The van der Waals surface area contributed by atoms with Crippen molar-refractivity contribution in [2.24, 2.45) is 5.92 Å². The highest BCUT2D eigenvalue weighted by Crippen LogP contribution is 2.40. The summed E-state index contributed by atoms with van der Waals surface area (Å²) in [5.74, 6) is -0.765. The van der Waals surface area contributed by atoms with E-state index in [1.165, 1.54) is 11.3 Å². The molecule has 0 radical (unpaired) electrons. The van der Waals surface area contributed by atoms with E-state index in [1.54, 1.807) is 15.8 Å². The van der Waals surface area contributed by atoms with E-state index >= 15 is 0 Å². The Morgan fingerprint density at radius 2 is 2.16 bits per heavy atom. The molecule has 0 bridgehead atoms. The van der Waals surface area contributed by atoms with Gasteiger partial charge in [0.2, 0.25) is 0 Å². The van der Waals surface area contributed by atoms with E-state index in [4.69, 9.17) is 0 Å². The predicted molar refractivity (Wildman–Crippen MR) is 70.1 cm³/mol. The highest BCUT2D eigenvalue weighted by molar-refractivity contribution is 7.07.